The molecule has 0 aliphatic heterocycles. The quantitative estimate of drug-likeness (QED) is 0.213. The molecule has 0 bridgehead atoms. The summed E-state index contributed by atoms with van der Waals surface area (Å²) in [6.45, 7) is 0.175. The number of benzene rings is 5. The van der Waals surface area contributed by atoms with E-state index in [2.05, 4.69) is 4.72 Å². The van der Waals surface area contributed by atoms with Crippen LogP contribution in [0.5, 0.6) is 5.75 Å². The van der Waals surface area contributed by atoms with Gasteiger partial charge < -0.3 is 14.0 Å². The molecule has 0 atom stereocenters. The molecule has 5 aromatic rings. The van der Waals surface area contributed by atoms with Crippen molar-refractivity contribution in [3.63, 3.8) is 0 Å². The van der Waals surface area contributed by atoms with E-state index >= 15 is 0 Å². The van der Waals surface area contributed by atoms with Gasteiger partial charge in [0, 0.05) is 67.7 Å². The summed E-state index contributed by atoms with van der Waals surface area (Å²) < 4.78 is 61.0. The predicted octanol–water partition coefficient (Wildman–Crippen LogP) is 5.41. The van der Waals surface area contributed by atoms with Gasteiger partial charge in [0.05, 0.1) is 4.90 Å². The van der Waals surface area contributed by atoms with Crippen molar-refractivity contribution >= 4 is 53.1 Å². The van der Waals surface area contributed by atoms with E-state index in [9.17, 15) is 16.8 Å². The third kappa shape index (κ3) is 5.92. The van der Waals surface area contributed by atoms with Crippen molar-refractivity contribution in [2.45, 2.75) is 16.2 Å². The summed E-state index contributed by atoms with van der Waals surface area (Å²) in [5.74, 6) is 0.174. The van der Waals surface area contributed by atoms with Crippen molar-refractivity contribution in [2.24, 2.45) is 0 Å². The number of hydrogen-bond donors (Lipinski definition) is 1. The lowest BCUT2D eigenvalue weighted by Crippen LogP contribution is -2.26. The first-order valence-corrected chi connectivity index (χ1v) is 16.3. The van der Waals surface area contributed by atoms with E-state index in [0.717, 1.165) is 27.7 Å². The maximum Gasteiger partial charge on any atom is 0.339 e. The van der Waals surface area contributed by atoms with Crippen LogP contribution in [0.25, 0.3) is 21.5 Å². The van der Waals surface area contributed by atoms with Gasteiger partial charge in [-0.25, -0.2) is 13.1 Å². The molecular weight excluding hydrogens is 571 g/mol. The van der Waals surface area contributed by atoms with Gasteiger partial charge in [-0.2, -0.15) is 8.42 Å². The molecule has 5 rings (SSSR count). The Morgan fingerprint density at radius 3 is 1.62 bits per heavy atom. The number of anilines is 2. The fourth-order valence-corrected chi connectivity index (χ4v) is 7.45. The number of sulfonamides is 1. The fraction of sp³-hybridized carbons (Fsp3) is 0.188. The molecule has 42 heavy (non-hydrogen) atoms. The van der Waals surface area contributed by atoms with Gasteiger partial charge in [-0.1, -0.05) is 60.7 Å². The smallest absolute Gasteiger partial charge is 0.339 e. The van der Waals surface area contributed by atoms with E-state index in [1.54, 1.807) is 48.5 Å². The molecule has 5 aromatic carbocycles. The molecule has 0 spiro atoms. The van der Waals surface area contributed by atoms with E-state index in [1.165, 1.54) is 6.07 Å². The van der Waals surface area contributed by atoms with Gasteiger partial charge in [-0.3, -0.25) is 0 Å². The third-order valence-electron chi connectivity index (χ3n) is 7.08. The molecule has 0 aromatic heterocycles. The zero-order chi connectivity index (χ0) is 30.1. The van der Waals surface area contributed by atoms with Gasteiger partial charge >= 0.3 is 10.1 Å². The van der Waals surface area contributed by atoms with Crippen molar-refractivity contribution in [1.82, 2.24) is 4.72 Å². The average molecular weight is 604 g/mol. The molecule has 0 aliphatic rings. The number of nitrogens with one attached hydrogen (secondary N) is 1. The Labute approximate surface area is 247 Å². The van der Waals surface area contributed by atoms with Gasteiger partial charge in [0.1, 0.15) is 10.6 Å². The minimum atomic E-state index is -4.10. The number of nitrogens with zero attached hydrogens (tertiary/aromatic N) is 2. The second kappa shape index (κ2) is 11.6. The monoisotopic (exact) mass is 603 g/mol. The van der Waals surface area contributed by atoms with Crippen LogP contribution in [0.15, 0.2) is 107 Å². The molecule has 0 amide bonds. The summed E-state index contributed by atoms with van der Waals surface area (Å²) in [5, 5.41) is 2.91. The minimum absolute atomic E-state index is 0.0910. The molecule has 0 aliphatic carbocycles. The Balaban J connectivity index is 1.28. The predicted molar refractivity (Wildman–Crippen MR) is 170 cm³/mol. The van der Waals surface area contributed by atoms with E-state index in [0.29, 0.717) is 17.2 Å². The lowest BCUT2D eigenvalue weighted by atomic mass is 10.1. The van der Waals surface area contributed by atoms with Crippen molar-refractivity contribution < 1.29 is 21.0 Å². The molecule has 0 heterocycles. The summed E-state index contributed by atoms with van der Waals surface area (Å²) in [6, 6.07) is 28.1. The second-order valence-corrected chi connectivity index (χ2v) is 13.6. The lowest BCUT2D eigenvalue weighted by molar-refractivity contribution is 0.487. The Morgan fingerprint density at radius 2 is 1.07 bits per heavy atom. The Morgan fingerprint density at radius 1 is 0.595 bits per heavy atom. The zero-order valence-corrected chi connectivity index (χ0v) is 25.5. The summed E-state index contributed by atoms with van der Waals surface area (Å²) >= 11 is 0. The number of hydrogen-bond acceptors (Lipinski definition) is 7. The van der Waals surface area contributed by atoms with Crippen LogP contribution in [0.3, 0.4) is 0 Å². The molecule has 8 nitrogen and oxygen atoms in total. The van der Waals surface area contributed by atoms with Crippen molar-refractivity contribution in [3.8, 4) is 5.75 Å². The van der Waals surface area contributed by atoms with Crippen LogP contribution in [-0.4, -0.2) is 51.6 Å². The summed E-state index contributed by atoms with van der Waals surface area (Å²) in [6.07, 6.45) is 0.413. The normalized spacial score (nSPS) is 12.0. The van der Waals surface area contributed by atoms with Gasteiger partial charge in [-0.15, -0.1) is 0 Å². The molecule has 0 fully saturated rings. The van der Waals surface area contributed by atoms with Crippen molar-refractivity contribution in [1.29, 1.82) is 0 Å². The molecule has 10 heteroatoms. The zero-order valence-electron chi connectivity index (χ0n) is 23.9. The Bertz CT molecular complexity index is 1970. The van der Waals surface area contributed by atoms with E-state index in [4.69, 9.17) is 4.18 Å². The highest BCUT2D eigenvalue weighted by Gasteiger charge is 2.21. The van der Waals surface area contributed by atoms with Crippen molar-refractivity contribution in [2.75, 3.05) is 44.5 Å². The van der Waals surface area contributed by atoms with Crippen LogP contribution in [0.1, 0.15) is 5.56 Å². The Hall–Kier alpha value is -4.12. The highest BCUT2D eigenvalue weighted by molar-refractivity contribution is 7.89. The first-order chi connectivity index (χ1) is 20.0. The van der Waals surface area contributed by atoms with E-state index in [1.807, 2.05) is 80.5 Å². The molecule has 0 saturated heterocycles. The van der Waals surface area contributed by atoms with E-state index < -0.39 is 20.1 Å². The van der Waals surface area contributed by atoms with Crippen LogP contribution in [-0.2, 0) is 26.6 Å². The maximum atomic E-state index is 13.2. The fourth-order valence-electron chi connectivity index (χ4n) is 5.05. The maximum absolute atomic E-state index is 13.2. The number of rotatable bonds is 10. The second-order valence-electron chi connectivity index (χ2n) is 10.4. The third-order valence-corrected chi connectivity index (χ3v) is 9.90. The molecular formula is C32H33N3O5S2. The Kier molecular flexibility index (Phi) is 8.14. The van der Waals surface area contributed by atoms with Crippen LogP contribution in [0, 0.1) is 0 Å². The van der Waals surface area contributed by atoms with Gasteiger partial charge in [-0.05, 0) is 48.4 Å². The molecule has 1 N–H and O–H groups in total. The van der Waals surface area contributed by atoms with Crippen LogP contribution in [0.2, 0.25) is 0 Å². The SMILES string of the molecule is CN(C)c1cccc2c(S(=O)(=O)NCCc3ccc(OS(=O)(=O)c4cccc5c(N(C)C)cccc45)cc3)cccc12. The van der Waals surface area contributed by atoms with Gasteiger partial charge in [0.25, 0.3) is 0 Å². The van der Waals surface area contributed by atoms with E-state index in [-0.39, 0.29) is 22.1 Å². The lowest BCUT2D eigenvalue weighted by Gasteiger charge is -2.17. The minimum Gasteiger partial charge on any atom is -0.379 e. The summed E-state index contributed by atoms with van der Waals surface area (Å²) in [4.78, 5) is 4.20. The average Bonchev–Trinajstić information content (AvgIpc) is 2.96. The molecule has 0 radical (unpaired) electrons. The highest BCUT2D eigenvalue weighted by Crippen LogP contribution is 2.32. The van der Waals surface area contributed by atoms with Crippen LogP contribution >= 0.6 is 0 Å². The standard InChI is InChI=1S/C32H33N3O5S2/c1-34(2)29-13-5-11-27-25(29)9-7-15-31(27)41(36,37)33-22-21-23-17-19-24(20-18-23)40-42(38,39)32-16-8-10-26-28(32)12-6-14-30(26)35(3)4/h5-20,33H,21-22H2,1-4H3. The highest BCUT2D eigenvalue weighted by atomic mass is 32.2. The van der Waals surface area contributed by atoms with Gasteiger partial charge in [0.15, 0.2) is 0 Å². The summed E-state index contributed by atoms with van der Waals surface area (Å²) in [5.41, 5.74) is 2.67. The topological polar surface area (TPSA) is 96.0 Å². The molecule has 0 saturated carbocycles. The van der Waals surface area contributed by atoms with Crippen molar-refractivity contribution in [3.05, 3.63) is 103 Å². The van der Waals surface area contributed by atoms with Crippen LogP contribution in [0.4, 0.5) is 11.4 Å². The first kappa shape index (κ1) is 29.4. The first-order valence-electron chi connectivity index (χ1n) is 13.4. The molecule has 0 unspecified atom stereocenters. The largest absolute Gasteiger partial charge is 0.379 e. The van der Waals surface area contributed by atoms with Gasteiger partial charge in [0.2, 0.25) is 10.0 Å². The number of fused-ring (bicyclic) bond motifs is 2. The van der Waals surface area contributed by atoms with Crippen LogP contribution < -0.4 is 18.7 Å². The summed E-state index contributed by atoms with van der Waals surface area (Å²) in [7, 11) is -0.212. The molecule has 218 valence electrons.